The quantitative estimate of drug-likeness (QED) is 0.122. The van der Waals surface area contributed by atoms with Gasteiger partial charge in [0.15, 0.2) is 0 Å². The first-order valence-electron chi connectivity index (χ1n) is 32.2. The highest BCUT2D eigenvalue weighted by molar-refractivity contribution is 6.13. The van der Waals surface area contributed by atoms with E-state index in [1.54, 1.807) is 0 Å². The predicted molar refractivity (Wildman–Crippen MR) is 390 cm³/mol. The van der Waals surface area contributed by atoms with Gasteiger partial charge in [0, 0.05) is 32.9 Å². The van der Waals surface area contributed by atoms with Gasteiger partial charge in [0.1, 0.15) is 0 Å². The van der Waals surface area contributed by atoms with Gasteiger partial charge in [-0.3, -0.25) is 0 Å². The van der Waals surface area contributed by atoms with E-state index < -0.39 is 5.41 Å². The second kappa shape index (κ2) is 22.1. The summed E-state index contributed by atoms with van der Waals surface area (Å²) in [5.41, 5.74) is 30.9. The fraction of sp³-hybridized carbons (Fsp3) is 0.0110. The van der Waals surface area contributed by atoms with E-state index in [2.05, 4.69) is 373 Å². The maximum atomic E-state index is 2.44. The first-order valence-corrected chi connectivity index (χ1v) is 32.2. The van der Waals surface area contributed by atoms with Gasteiger partial charge in [-0.05, 0) is 178 Å². The Labute approximate surface area is 541 Å². The second-order valence-corrected chi connectivity index (χ2v) is 24.7. The number of rotatable bonds is 11. The fourth-order valence-electron chi connectivity index (χ4n) is 15.3. The van der Waals surface area contributed by atoms with E-state index in [-0.39, 0.29) is 0 Å². The number of hydrogen-bond donors (Lipinski definition) is 0. The second-order valence-electron chi connectivity index (χ2n) is 24.7. The van der Waals surface area contributed by atoms with E-state index in [1.165, 1.54) is 155 Å². The predicted octanol–water partition coefficient (Wildman–Crippen LogP) is 23.9. The molecule has 0 amide bonds. The maximum Gasteiger partial charge on any atom is 0.0719 e. The zero-order valence-corrected chi connectivity index (χ0v) is 51.0. The van der Waals surface area contributed by atoms with Crippen LogP contribution in [0.15, 0.2) is 364 Å². The summed E-state index contributed by atoms with van der Waals surface area (Å²) >= 11 is 0. The smallest absolute Gasteiger partial charge is 0.0719 e. The molecule has 0 saturated carbocycles. The van der Waals surface area contributed by atoms with E-state index in [0.717, 1.165) is 11.4 Å². The molecule has 15 aromatic carbocycles. The molecule has 0 bridgehead atoms. The molecule has 0 N–H and O–H groups in total. The van der Waals surface area contributed by atoms with Crippen LogP contribution in [0.5, 0.6) is 0 Å². The molecule has 2 nitrogen and oxygen atoms in total. The van der Waals surface area contributed by atoms with Crippen LogP contribution in [0.3, 0.4) is 0 Å². The third kappa shape index (κ3) is 8.94. The molecule has 2 heterocycles. The average Bonchev–Trinajstić information content (AvgIpc) is 1.59. The monoisotopic (exact) mass is 1180 g/mol. The Morgan fingerprint density at radius 3 is 0.946 bits per heavy atom. The summed E-state index contributed by atoms with van der Waals surface area (Å²) < 4.78 is 4.84. The summed E-state index contributed by atoms with van der Waals surface area (Å²) in [4.78, 5) is 0. The summed E-state index contributed by atoms with van der Waals surface area (Å²) in [5.74, 6) is 0. The van der Waals surface area contributed by atoms with Gasteiger partial charge in [-0.2, -0.15) is 0 Å². The molecule has 0 radical (unpaired) electrons. The maximum absolute atomic E-state index is 2.44. The van der Waals surface area contributed by atoms with Crippen molar-refractivity contribution in [3.05, 3.63) is 386 Å². The Kier molecular flexibility index (Phi) is 12.8. The fourth-order valence-corrected chi connectivity index (χ4v) is 15.3. The van der Waals surface area contributed by atoms with Gasteiger partial charge in [0.25, 0.3) is 0 Å². The molecule has 0 unspecified atom stereocenters. The van der Waals surface area contributed by atoms with Crippen molar-refractivity contribution in [2.45, 2.75) is 5.41 Å². The van der Waals surface area contributed by atoms with Crippen molar-refractivity contribution in [1.29, 1.82) is 0 Å². The molecule has 434 valence electrons. The van der Waals surface area contributed by atoms with Crippen molar-refractivity contribution < 1.29 is 0 Å². The molecular formula is C91H60N2. The third-order valence-electron chi connectivity index (χ3n) is 19.6. The summed E-state index contributed by atoms with van der Waals surface area (Å²) in [7, 11) is 0. The Morgan fingerprint density at radius 1 is 0.172 bits per heavy atom. The van der Waals surface area contributed by atoms with Gasteiger partial charge in [0.05, 0.1) is 27.5 Å². The van der Waals surface area contributed by atoms with Gasteiger partial charge in [0.2, 0.25) is 0 Å². The molecule has 0 fully saturated rings. The minimum Gasteiger partial charge on any atom is -0.309 e. The summed E-state index contributed by atoms with van der Waals surface area (Å²) in [5, 5.41) is 4.94. The van der Waals surface area contributed by atoms with E-state index in [9.17, 15) is 0 Å². The van der Waals surface area contributed by atoms with Crippen molar-refractivity contribution in [2.75, 3.05) is 0 Å². The Bertz CT molecular complexity index is 5670. The molecule has 17 aromatic rings. The van der Waals surface area contributed by atoms with Crippen molar-refractivity contribution >= 4 is 43.6 Å². The number of nitrogens with zero attached hydrogens (tertiary/aromatic N) is 2. The van der Waals surface area contributed by atoms with Crippen LogP contribution >= 0.6 is 0 Å². The van der Waals surface area contributed by atoms with Crippen LogP contribution in [0.4, 0.5) is 0 Å². The lowest BCUT2D eigenvalue weighted by molar-refractivity contribution is 0.771. The molecule has 0 atom stereocenters. The Balaban J connectivity index is 0.646. The SMILES string of the molecule is c1ccc(-c2ccc(-c3ccccc3C3(c4cccc(-c5ccc(-c6ccc(-c7cccc(-n8c9ccccc9c9cc(-c%10ccc%11c(c%10)c%10ccccc%10n%11-c%10cccc(-c%11ccccc%11)c%10)ccc98)c7)cc6)cc5)c4)c4ccccc4-c4ccccc43)cc2)cc1. The molecule has 2 aromatic heterocycles. The molecule has 0 spiro atoms. The third-order valence-corrected chi connectivity index (χ3v) is 19.6. The molecular weight excluding hydrogens is 1120 g/mol. The van der Waals surface area contributed by atoms with Gasteiger partial charge < -0.3 is 9.13 Å². The highest BCUT2D eigenvalue weighted by atomic mass is 15.0. The van der Waals surface area contributed by atoms with E-state index in [4.69, 9.17) is 0 Å². The van der Waals surface area contributed by atoms with Gasteiger partial charge in [-0.1, -0.05) is 297 Å². The zero-order valence-electron chi connectivity index (χ0n) is 51.0. The minimum atomic E-state index is -0.576. The van der Waals surface area contributed by atoms with Crippen molar-refractivity contribution in [3.8, 4) is 100 Å². The summed E-state index contributed by atoms with van der Waals surface area (Å²) in [6.45, 7) is 0. The first-order chi connectivity index (χ1) is 46.1. The molecule has 0 aliphatic heterocycles. The van der Waals surface area contributed by atoms with Crippen molar-refractivity contribution in [1.82, 2.24) is 9.13 Å². The lowest BCUT2D eigenvalue weighted by Gasteiger charge is -2.36. The number of fused-ring (bicyclic) bond motifs is 9. The standard InChI is InChI=1S/C91H60N2/c1-3-20-61(21-4-1)63-48-50-68(51-49-63)77-30-7-12-35-84(77)91(85-36-13-8-31-78(85)79-32-9-14-37-86(79)91)74-27-17-24-69(56-74)66-44-40-64(41-45-66)65-42-46-67(47-43-65)71-26-19-29-76(58-71)93-88-39-16-11-34-81(88)83-60-73(53-55-90(83)93)72-52-54-89-82(59-72)80-33-10-15-38-87(80)92(89)75-28-18-25-70(57-75)62-22-5-2-6-23-62/h1-60H. The Morgan fingerprint density at radius 2 is 0.473 bits per heavy atom. The molecule has 93 heavy (non-hydrogen) atoms. The van der Waals surface area contributed by atoms with Crippen LogP contribution in [0, 0.1) is 0 Å². The lowest BCUT2D eigenvalue weighted by atomic mass is 9.65. The largest absolute Gasteiger partial charge is 0.309 e. The minimum absolute atomic E-state index is 0.576. The van der Waals surface area contributed by atoms with Crippen LogP contribution in [0.25, 0.3) is 144 Å². The molecule has 0 saturated heterocycles. The highest BCUT2D eigenvalue weighted by Gasteiger charge is 2.47. The number of aromatic nitrogens is 2. The van der Waals surface area contributed by atoms with Crippen LogP contribution in [-0.2, 0) is 5.41 Å². The molecule has 1 aliphatic rings. The lowest BCUT2D eigenvalue weighted by Crippen LogP contribution is -2.29. The zero-order chi connectivity index (χ0) is 61.4. The van der Waals surface area contributed by atoms with E-state index >= 15 is 0 Å². The van der Waals surface area contributed by atoms with Crippen LogP contribution < -0.4 is 0 Å². The molecule has 1 aliphatic carbocycles. The normalized spacial score (nSPS) is 12.4. The topological polar surface area (TPSA) is 9.86 Å². The summed E-state index contributed by atoms with van der Waals surface area (Å²) in [6.07, 6.45) is 0. The van der Waals surface area contributed by atoms with Gasteiger partial charge in [-0.15, -0.1) is 0 Å². The number of benzene rings is 15. The first kappa shape index (κ1) is 53.9. The average molecular weight is 1180 g/mol. The van der Waals surface area contributed by atoms with Gasteiger partial charge >= 0.3 is 0 Å². The van der Waals surface area contributed by atoms with Crippen molar-refractivity contribution in [2.24, 2.45) is 0 Å². The number of para-hydroxylation sites is 2. The summed E-state index contributed by atoms with van der Waals surface area (Å²) in [6, 6.07) is 135. The van der Waals surface area contributed by atoms with E-state index in [1.807, 2.05) is 0 Å². The van der Waals surface area contributed by atoms with Crippen LogP contribution in [0.1, 0.15) is 22.3 Å². The molecule has 18 rings (SSSR count). The van der Waals surface area contributed by atoms with Crippen LogP contribution in [0.2, 0.25) is 0 Å². The Hall–Kier alpha value is -12.1. The number of hydrogen-bond acceptors (Lipinski definition) is 0. The van der Waals surface area contributed by atoms with Crippen LogP contribution in [-0.4, -0.2) is 9.13 Å². The molecule has 2 heteroatoms. The van der Waals surface area contributed by atoms with Gasteiger partial charge in [-0.25, -0.2) is 0 Å². The van der Waals surface area contributed by atoms with E-state index in [0.29, 0.717) is 0 Å². The highest BCUT2D eigenvalue weighted by Crippen LogP contribution is 2.58. The van der Waals surface area contributed by atoms with Crippen molar-refractivity contribution in [3.63, 3.8) is 0 Å².